The van der Waals surface area contributed by atoms with Gasteiger partial charge in [0.2, 0.25) is 0 Å². The van der Waals surface area contributed by atoms with E-state index in [1.54, 1.807) is 29.8 Å². The molecule has 0 amide bonds. The fourth-order valence-corrected chi connectivity index (χ4v) is 3.52. The van der Waals surface area contributed by atoms with Crippen LogP contribution >= 0.6 is 12.2 Å². The number of hydrogen-bond donors (Lipinski definition) is 0. The molecule has 1 fully saturated rings. The minimum atomic E-state index is -0.551. The van der Waals surface area contributed by atoms with E-state index in [1.807, 2.05) is 6.07 Å². The van der Waals surface area contributed by atoms with Gasteiger partial charge in [-0.25, -0.2) is 9.07 Å². The Labute approximate surface area is 174 Å². The zero-order valence-electron chi connectivity index (χ0n) is 16.2. The SMILES string of the molecule is C[C@@H](Oc1ccccc1F)c1nn(CN2CCN(c3ccccc3)CC2)c(=S)o1. The van der Waals surface area contributed by atoms with E-state index in [0.29, 0.717) is 12.6 Å². The van der Waals surface area contributed by atoms with Crippen LogP contribution in [0.2, 0.25) is 0 Å². The average Bonchev–Trinajstić information content (AvgIpc) is 3.11. The Hall–Kier alpha value is -2.71. The summed E-state index contributed by atoms with van der Waals surface area (Å²) in [6.07, 6.45) is -0.551. The Morgan fingerprint density at radius 1 is 1.07 bits per heavy atom. The number of aromatic nitrogens is 2. The van der Waals surface area contributed by atoms with Gasteiger partial charge >= 0.3 is 0 Å². The highest BCUT2D eigenvalue weighted by atomic mass is 32.1. The highest BCUT2D eigenvalue weighted by Crippen LogP contribution is 2.23. The van der Waals surface area contributed by atoms with Crippen LogP contribution in [0.1, 0.15) is 18.9 Å². The Kier molecular flexibility index (Phi) is 5.92. The van der Waals surface area contributed by atoms with Gasteiger partial charge in [0.25, 0.3) is 10.7 Å². The second kappa shape index (κ2) is 8.75. The molecule has 0 spiro atoms. The van der Waals surface area contributed by atoms with Gasteiger partial charge in [-0.3, -0.25) is 4.90 Å². The highest BCUT2D eigenvalue weighted by Gasteiger charge is 2.21. The molecule has 29 heavy (non-hydrogen) atoms. The Morgan fingerprint density at radius 2 is 1.76 bits per heavy atom. The maximum atomic E-state index is 13.8. The lowest BCUT2D eigenvalue weighted by Gasteiger charge is -2.35. The predicted molar refractivity (Wildman–Crippen MR) is 111 cm³/mol. The molecule has 0 aliphatic carbocycles. The number of para-hydroxylation sites is 2. The van der Waals surface area contributed by atoms with Gasteiger partial charge in [0.05, 0.1) is 6.67 Å². The predicted octanol–water partition coefficient (Wildman–Crippen LogP) is 4.26. The van der Waals surface area contributed by atoms with Gasteiger partial charge in [0.1, 0.15) is 0 Å². The number of ether oxygens (including phenoxy) is 1. The van der Waals surface area contributed by atoms with E-state index in [4.69, 9.17) is 21.4 Å². The van der Waals surface area contributed by atoms with Crippen molar-refractivity contribution in [2.45, 2.75) is 19.7 Å². The van der Waals surface area contributed by atoms with Gasteiger partial charge < -0.3 is 14.1 Å². The molecule has 0 unspecified atom stereocenters. The molecule has 6 nitrogen and oxygen atoms in total. The quantitative estimate of drug-likeness (QED) is 0.562. The maximum absolute atomic E-state index is 13.8. The molecule has 1 atom stereocenters. The summed E-state index contributed by atoms with van der Waals surface area (Å²) in [4.78, 5) is 4.94. The van der Waals surface area contributed by atoms with E-state index in [2.05, 4.69) is 39.2 Å². The summed E-state index contributed by atoms with van der Waals surface area (Å²) >= 11 is 5.32. The normalized spacial score (nSPS) is 16.0. The summed E-state index contributed by atoms with van der Waals surface area (Å²) in [6, 6.07) is 16.7. The third-order valence-electron chi connectivity index (χ3n) is 4.94. The molecule has 1 aliphatic heterocycles. The van der Waals surface area contributed by atoms with Crippen LogP contribution < -0.4 is 9.64 Å². The van der Waals surface area contributed by atoms with Crippen molar-refractivity contribution in [2.75, 3.05) is 31.1 Å². The molecule has 0 N–H and O–H groups in total. The summed E-state index contributed by atoms with van der Waals surface area (Å²) in [5, 5.41) is 4.45. The molecule has 0 radical (unpaired) electrons. The zero-order valence-corrected chi connectivity index (χ0v) is 17.0. The Bertz CT molecular complexity index is 999. The smallest absolute Gasteiger partial charge is 0.288 e. The Balaban J connectivity index is 1.36. The molecule has 8 heteroatoms. The zero-order chi connectivity index (χ0) is 20.2. The second-order valence-electron chi connectivity index (χ2n) is 6.98. The van der Waals surface area contributed by atoms with Crippen molar-refractivity contribution in [3.63, 3.8) is 0 Å². The van der Waals surface area contributed by atoms with Crippen molar-refractivity contribution < 1.29 is 13.5 Å². The summed E-state index contributed by atoms with van der Waals surface area (Å²) in [5.41, 5.74) is 1.24. The minimum Gasteiger partial charge on any atom is -0.478 e. The van der Waals surface area contributed by atoms with E-state index in [9.17, 15) is 4.39 Å². The molecule has 152 valence electrons. The number of benzene rings is 2. The van der Waals surface area contributed by atoms with Crippen LogP contribution in [0.3, 0.4) is 0 Å². The van der Waals surface area contributed by atoms with E-state index in [-0.39, 0.29) is 10.6 Å². The van der Waals surface area contributed by atoms with Crippen LogP contribution in [-0.4, -0.2) is 40.9 Å². The topological polar surface area (TPSA) is 46.7 Å². The van der Waals surface area contributed by atoms with E-state index >= 15 is 0 Å². The first-order chi connectivity index (χ1) is 14.1. The first-order valence-electron chi connectivity index (χ1n) is 9.61. The lowest BCUT2D eigenvalue weighted by Crippen LogP contribution is -2.46. The van der Waals surface area contributed by atoms with Crippen LogP contribution in [0.15, 0.2) is 59.0 Å². The second-order valence-corrected chi connectivity index (χ2v) is 7.33. The van der Waals surface area contributed by atoms with Gasteiger partial charge in [0, 0.05) is 31.9 Å². The van der Waals surface area contributed by atoms with Gasteiger partial charge in [-0.15, -0.1) is 5.10 Å². The molecular weight excluding hydrogens is 391 g/mol. The largest absolute Gasteiger partial charge is 0.478 e. The molecular formula is C21H23FN4O2S. The van der Waals surface area contributed by atoms with Crippen molar-refractivity contribution >= 4 is 17.9 Å². The van der Waals surface area contributed by atoms with Crippen LogP contribution in [0.5, 0.6) is 5.75 Å². The molecule has 1 saturated heterocycles. The summed E-state index contributed by atoms with van der Waals surface area (Å²) in [5.74, 6) is 0.0718. The lowest BCUT2D eigenvalue weighted by atomic mass is 10.2. The first-order valence-corrected chi connectivity index (χ1v) is 10.0. The van der Waals surface area contributed by atoms with E-state index in [0.717, 1.165) is 26.2 Å². The fourth-order valence-electron chi connectivity index (χ4n) is 3.33. The van der Waals surface area contributed by atoms with Crippen molar-refractivity contribution in [3.8, 4) is 5.75 Å². The fraction of sp³-hybridized carbons (Fsp3) is 0.333. The molecule has 4 rings (SSSR count). The van der Waals surface area contributed by atoms with Gasteiger partial charge in [-0.05, 0) is 43.4 Å². The first kappa shape index (κ1) is 19.6. The maximum Gasteiger partial charge on any atom is 0.288 e. The molecule has 1 aliphatic rings. The van der Waals surface area contributed by atoms with Crippen molar-refractivity contribution in [2.24, 2.45) is 0 Å². The average molecular weight is 415 g/mol. The van der Waals surface area contributed by atoms with Crippen LogP contribution in [-0.2, 0) is 6.67 Å². The molecule has 2 aromatic carbocycles. The number of hydrogen-bond acceptors (Lipinski definition) is 6. The van der Waals surface area contributed by atoms with Gasteiger partial charge in [-0.2, -0.15) is 0 Å². The molecule has 1 aromatic heterocycles. The standard InChI is InChI=1S/C21H23FN4O2S/c1-16(27-19-10-6-5-9-18(19)22)20-23-26(21(29)28-20)15-24-11-13-25(14-12-24)17-7-3-2-4-8-17/h2-10,16H,11-15H2,1H3/t16-/m1/s1. The van der Waals surface area contributed by atoms with Crippen molar-refractivity contribution in [1.82, 2.24) is 14.7 Å². The van der Waals surface area contributed by atoms with Crippen molar-refractivity contribution in [1.29, 1.82) is 0 Å². The molecule has 0 bridgehead atoms. The summed E-state index contributed by atoms with van der Waals surface area (Å²) in [7, 11) is 0. The molecule has 3 aromatic rings. The van der Waals surface area contributed by atoms with Crippen LogP contribution in [0.25, 0.3) is 0 Å². The third kappa shape index (κ3) is 4.65. The van der Waals surface area contributed by atoms with E-state index < -0.39 is 11.9 Å². The summed E-state index contributed by atoms with van der Waals surface area (Å²) < 4.78 is 26.7. The van der Waals surface area contributed by atoms with Gasteiger partial charge in [-0.1, -0.05) is 30.3 Å². The number of anilines is 1. The minimum absolute atomic E-state index is 0.160. The number of piperazine rings is 1. The molecule has 2 heterocycles. The number of halogens is 1. The summed E-state index contributed by atoms with van der Waals surface area (Å²) in [6.45, 7) is 6.00. The number of rotatable bonds is 6. The van der Waals surface area contributed by atoms with Crippen LogP contribution in [0.4, 0.5) is 10.1 Å². The lowest BCUT2D eigenvalue weighted by molar-refractivity contribution is 0.178. The van der Waals surface area contributed by atoms with E-state index in [1.165, 1.54) is 11.8 Å². The van der Waals surface area contributed by atoms with Crippen LogP contribution in [0, 0.1) is 10.7 Å². The molecule has 0 saturated carbocycles. The third-order valence-corrected chi connectivity index (χ3v) is 5.23. The Morgan fingerprint density at radius 3 is 2.48 bits per heavy atom. The number of nitrogens with zero attached hydrogens (tertiary/aromatic N) is 4. The highest BCUT2D eigenvalue weighted by molar-refractivity contribution is 7.71. The van der Waals surface area contributed by atoms with Crippen molar-refractivity contribution in [3.05, 3.63) is 71.1 Å². The van der Waals surface area contributed by atoms with Gasteiger partial charge in [0.15, 0.2) is 17.7 Å². The monoisotopic (exact) mass is 414 g/mol.